The second-order valence-corrected chi connectivity index (χ2v) is 5.25. The topological polar surface area (TPSA) is 15.3 Å². The molecule has 2 aliphatic rings. The Bertz CT molecular complexity index is 782. The molecule has 0 aromatic heterocycles. The number of para-hydroxylation sites is 1. The van der Waals surface area contributed by atoms with Crippen LogP contribution in [0.2, 0.25) is 0 Å². The van der Waals surface area contributed by atoms with Crippen LogP contribution >= 0.6 is 0 Å². The Morgan fingerprint density at radius 1 is 0.727 bits per heavy atom. The maximum atomic E-state index is 3.39. The average Bonchev–Trinajstić information content (AvgIpc) is 3.25. The van der Waals surface area contributed by atoms with Crippen molar-refractivity contribution in [3.8, 4) is 0 Å². The Kier molecular flexibility index (Phi) is 3.13. The van der Waals surface area contributed by atoms with Gasteiger partial charge in [0.05, 0.1) is 11.4 Å². The van der Waals surface area contributed by atoms with Crippen molar-refractivity contribution in [2.24, 2.45) is 0 Å². The number of hydrogen-bond donors (Lipinski definition) is 1. The highest BCUT2D eigenvalue weighted by molar-refractivity contribution is 5.88. The molecule has 2 heteroatoms. The van der Waals surface area contributed by atoms with Crippen LogP contribution in [0, 0.1) is 0 Å². The molecule has 2 aromatic rings. The summed E-state index contributed by atoms with van der Waals surface area (Å²) in [5.41, 5.74) is 9.33. The highest BCUT2D eigenvalue weighted by Gasteiger charge is 2.25. The van der Waals surface area contributed by atoms with E-state index in [9.17, 15) is 0 Å². The van der Waals surface area contributed by atoms with Crippen LogP contribution in [0.3, 0.4) is 0 Å². The van der Waals surface area contributed by atoms with E-state index in [4.69, 9.17) is 0 Å². The Hall–Kier alpha value is -3.00. The van der Waals surface area contributed by atoms with Crippen molar-refractivity contribution in [2.75, 3.05) is 5.01 Å². The minimum atomic E-state index is 1.13. The van der Waals surface area contributed by atoms with E-state index in [1.54, 1.807) is 0 Å². The molecule has 4 rings (SSSR count). The van der Waals surface area contributed by atoms with Gasteiger partial charge in [0.2, 0.25) is 0 Å². The van der Waals surface area contributed by atoms with Crippen molar-refractivity contribution in [3.63, 3.8) is 0 Å². The van der Waals surface area contributed by atoms with Gasteiger partial charge >= 0.3 is 0 Å². The SMILES string of the molecule is C1=CC(=C2C(c3ccccc3)=CNN2c2ccccc2)C=C1. The van der Waals surface area contributed by atoms with E-state index in [-0.39, 0.29) is 0 Å². The number of rotatable bonds is 2. The molecule has 0 radical (unpaired) electrons. The van der Waals surface area contributed by atoms with Crippen molar-refractivity contribution in [1.82, 2.24) is 5.43 Å². The van der Waals surface area contributed by atoms with Gasteiger partial charge in [0.25, 0.3) is 0 Å². The first-order valence-electron chi connectivity index (χ1n) is 7.40. The molecule has 1 aliphatic carbocycles. The monoisotopic (exact) mass is 284 g/mol. The zero-order valence-electron chi connectivity index (χ0n) is 12.1. The van der Waals surface area contributed by atoms with Gasteiger partial charge in [-0.05, 0) is 17.7 Å². The fourth-order valence-corrected chi connectivity index (χ4v) is 2.82. The number of hydrogen-bond acceptors (Lipinski definition) is 2. The van der Waals surface area contributed by atoms with Crippen LogP contribution in [0.5, 0.6) is 0 Å². The van der Waals surface area contributed by atoms with Crippen LogP contribution in [-0.4, -0.2) is 0 Å². The van der Waals surface area contributed by atoms with E-state index in [0.29, 0.717) is 0 Å². The van der Waals surface area contributed by atoms with Gasteiger partial charge in [-0.25, -0.2) is 0 Å². The predicted octanol–water partition coefficient (Wildman–Crippen LogP) is 4.43. The molecule has 1 N–H and O–H groups in total. The van der Waals surface area contributed by atoms with Crippen molar-refractivity contribution >= 4 is 11.3 Å². The Balaban J connectivity index is 1.83. The molecule has 22 heavy (non-hydrogen) atoms. The van der Waals surface area contributed by atoms with Gasteiger partial charge < -0.3 is 5.43 Å². The van der Waals surface area contributed by atoms with E-state index in [0.717, 1.165) is 5.69 Å². The molecular weight excluding hydrogens is 268 g/mol. The number of nitrogens with zero attached hydrogens (tertiary/aromatic N) is 1. The van der Waals surface area contributed by atoms with Crippen molar-refractivity contribution in [2.45, 2.75) is 0 Å². The largest absolute Gasteiger partial charge is 0.300 e. The summed E-state index contributed by atoms with van der Waals surface area (Å²) in [5.74, 6) is 0. The van der Waals surface area contributed by atoms with Crippen LogP contribution in [0.25, 0.3) is 5.57 Å². The molecule has 2 nitrogen and oxygen atoms in total. The Labute approximate surface area is 130 Å². The fraction of sp³-hybridized carbons (Fsp3) is 0. The summed E-state index contributed by atoms with van der Waals surface area (Å²) in [4.78, 5) is 0. The van der Waals surface area contributed by atoms with E-state index in [2.05, 4.69) is 89.5 Å². The van der Waals surface area contributed by atoms with E-state index in [1.807, 2.05) is 12.1 Å². The quantitative estimate of drug-likeness (QED) is 0.877. The van der Waals surface area contributed by atoms with Crippen molar-refractivity contribution in [1.29, 1.82) is 0 Å². The van der Waals surface area contributed by atoms with Crippen molar-refractivity contribution in [3.05, 3.63) is 108 Å². The summed E-state index contributed by atoms with van der Waals surface area (Å²) < 4.78 is 0. The summed E-state index contributed by atoms with van der Waals surface area (Å²) in [7, 11) is 0. The van der Waals surface area contributed by atoms with Gasteiger partial charge in [-0.1, -0.05) is 72.8 Å². The van der Waals surface area contributed by atoms with Gasteiger partial charge in [-0.3, -0.25) is 5.01 Å². The number of benzene rings is 2. The minimum Gasteiger partial charge on any atom is -0.300 e. The lowest BCUT2D eigenvalue weighted by Crippen LogP contribution is -2.29. The zero-order chi connectivity index (χ0) is 14.8. The molecule has 0 saturated heterocycles. The Morgan fingerprint density at radius 3 is 2.05 bits per heavy atom. The standard InChI is InChI=1S/C20H16N2/c1-3-9-16(10-4-1)19-15-21-22(18-13-5-2-6-14-18)20(19)17-11-7-8-12-17/h1-15,21H. The maximum Gasteiger partial charge on any atom is 0.0796 e. The van der Waals surface area contributed by atoms with Gasteiger partial charge in [0.15, 0.2) is 0 Å². The highest BCUT2D eigenvalue weighted by atomic mass is 15.5. The summed E-state index contributed by atoms with van der Waals surface area (Å²) in [6, 6.07) is 20.8. The normalized spacial score (nSPS) is 16.2. The van der Waals surface area contributed by atoms with E-state index < -0.39 is 0 Å². The second kappa shape index (κ2) is 5.41. The molecule has 1 aliphatic heterocycles. The third-order valence-electron chi connectivity index (χ3n) is 3.85. The number of nitrogens with one attached hydrogen (secondary N) is 1. The number of allylic oxidation sites excluding steroid dienone is 6. The number of hydrazine groups is 1. The fourth-order valence-electron chi connectivity index (χ4n) is 2.82. The summed E-state index contributed by atoms with van der Waals surface area (Å²) in [6.07, 6.45) is 10.5. The van der Waals surface area contributed by atoms with Crippen LogP contribution in [0.4, 0.5) is 5.69 Å². The molecule has 0 bridgehead atoms. The lowest BCUT2D eigenvalue weighted by molar-refractivity contribution is 0.889. The van der Waals surface area contributed by atoms with Gasteiger partial charge in [0.1, 0.15) is 0 Å². The third kappa shape index (κ3) is 2.15. The summed E-state index contributed by atoms with van der Waals surface area (Å²) >= 11 is 0. The molecule has 0 unspecified atom stereocenters. The van der Waals surface area contributed by atoms with Crippen LogP contribution in [0.1, 0.15) is 5.56 Å². The van der Waals surface area contributed by atoms with Crippen LogP contribution in [-0.2, 0) is 0 Å². The average molecular weight is 284 g/mol. The second-order valence-electron chi connectivity index (χ2n) is 5.25. The molecular formula is C20H16N2. The van der Waals surface area contributed by atoms with Crippen LogP contribution < -0.4 is 10.4 Å². The first kappa shape index (κ1) is 12.7. The molecule has 0 amide bonds. The molecule has 2 aromatic carbocycles. The summed E-state index contributed by atoms with van der Waals surface area (Å²) in [5, 5.41) is 2.14. The van der Waals surface area contributed by atoms with Crippen molar-refractivity contribution < 1.29 is 0 Å². The smallest absolute Gasteiger partial charge is 0.0796 e. The van der Waals surface area contributed by atoms with E-state index in [1.165, 1.54) is 22.4 Å². The highest BCUT2D eigenvalue weighted by Crippen LogP contribution is 2.36. The molecule has 0 fully saturated rings. The zero-order valence-corrected chi connectivity index (χ0v) is 12.1. The molecule has 0 spiro atoms. The molecule has 0 saturated carbocycles. The third-order valence-corrected chi connectivity index (χ3v) is 3.85. The minimum absolute atomic E-state index is 1.13. The first-order valence-corrected chi connectivity index (χ1v) is 7.40. The van der Waals surface area contributed by atoms with Gasteiger partial charge in [-0.15, -0.1) is 0 Å². The van der Waals surface area contributed by atoms with Crippen LogP contribution in [0.15, 0.2) is 102 Å². The lowest BCUT2D eigenvalue weighted by atomic mass is 10.0. The summed E-state index contributed by atoms with van der Waals surface area (Å²) in [6.45, 7) is 0. The van der Waals surface area contributed by atoms with Gasteiger partial charge in [-0.2, -0.15) is 0 Å². The lowest BCUT2D eigenvalue weighted by Gasteiger charge is -2.23. The Morgan fingerprint density at radius 2 is 1.36 bits per heavy atom. The predicted molar refractivity (Wildman–Crippen MR) is 91.8 cm³/mol. The van der Waals surface area contributed by atoms with Gasteiger partial charge in [0, 0.05) is 17.3 Å². The maximum absolute atomic E-state index is 3.39. The molecule has 1 heterocycles. The first-order chi connectivity index (χ1) is 10.9. The molecule has 0 atom stereocenters. The van der Waals surface area contributed by atoms with E-state index >= 15 is 0 Å². The number of anilines is 1. The molecule has 106 valence electrons.